The first kappa shape index (κ1) is 18.2. The topological polar surface area (TPSA) is 57.4 Å². The highest BCUT2D eigenvalue weighted by Crippen LogP contribution is 2.12. The molecule has 0 saturated carbocycles. The van der Waals surface area contributed by atoms with Gasteiger partial charge in [0.2, 0.25) is 0 Å². The van der Waals surface area contributed by atoms with Crippen molar-refractivity contribution in [3.05, 3.63) is 34.7 Å². The van der Waals surface area contributed by atoms with Crippen LogP contribution in [0.3, 0.4) is 0 Å². The Hall–Kier alpha value is -1.55. The summed E-state index contributed by atoms with van der Waals surface area (Å²) in [5, 5.41) is 9.90. The number of rotatable bonds is 5. The predicted molar refractivity (Wildman–Crippen MR) is 106 cm³/mol. The molecule has 2 aromatic heterocycles. The van der Waals surface area contributed by atoms with E-state index >= 15 is 0 Å². The van der Waals surface area contributed by atoms with Crippen molar-refractivity contribution >= 4 is 45.1 Å². The number of morpholine rings is 1. The average molecular weight is 425 g/mol. The third-order valence-corrected chi connectivity index (χ3v) is 4.84. The Kier molecular flexibility index (Phi) is 6.35. The highest BCUT2D eigenvalue weighted by Gasteiger charge is 2.10. The van der Waals surface area contributed by atoms with Gasteiger partial charge in [-0.15, -0.1) is 0 Å². The maximum Gasteiger partial charge on any atom is 0.189 e. The number of nitrogens with one attached hydrogen (secondary N) is 1. The minimum Gasteiger partial charge on any atom is -0.379 e. The predicted octanol–water partition coefficient (Wildman–Crippen LogP) is 1.57. The Labute approximate surface area is 160 Å². The maximum atomic E-state index is 5.38. The van der Waals surface area contributed by atoms with Crippen molar-refractivity contribution in [3.63, 3.8) is 0 Å². The minimum atomic E-state index is 0.597. The lowest BCUT2D eigenvalue weighted by atomic mass is 10.4. The van der Waals surface area contributed by atoms with E-state index in [4.69, 9.17) is 17.0 Å². The van der Waals surface area contributed by atoms with Crippen LogP contribution in [0.4, 0.5) is 0 Å². The highest BCUT2D eigenvalue weighted by molar-refractivity contribution is 9.10. The molecule has 0 bridgehead atoms. The van der Waals surface area contributed by atoms with Crippen LogP contribution in [-0.2, 0) is 4.74 Å². The van der Waals surface area contributed by atoms with Crippen LogP contribution in [0, 0.1) is 0 Å². The molecule has 0 aliphatic carbocycles. The first-order valence-electron chi connectivity index (χ1n) is 8.12. The number of fused-ring (bicyclic) bond motifs is 1. The molecule has 0 amide bonds. The van der Waals surface area contributed by atoms with Crippen LogP contribution in [0.1, 0.15) is 5.69 Å². The van der Waals surface area contributed by atoms with E-state index in [-0.39, 0.29) is 0 Å². The number of imidazole rings is 1. The molecule has 9 heteroatoms. The molecule has 1 fully saturated rings. The van der Waals surface area contributed by atoms with Gasteiger partial charge in [0, 0.05) is 43.9 Å². The van der Waals surface area contributed by atoms with Gasteiger partial charge in [0.25, 0.3) is 0 Å². The molecule has 0 unspecified atom stereocenters. The van der Waals surface area contributed by atoms with Crippen molar-refractivity contribution in [2.45, 2.75) is 0 Å². The van der Waals surface area contributed by atoms with Crippen molar-refractivity contribution in [1.29, 1.82) is 0 Å². The fourth-order valence-corrected chi connectivity index (χ4v) is 3.01. The first-order valence-corrected chi connectivity index (χ1v) is 9.32. The second kappa shape index (κ2) is 8.70. The number of hydrogen-bond acceptors (Lipinski definition) is 5. The van der Waals surface area contributed by atoms with E-state index < -0.39 is 0 Å². The van der Waals surface area contributed by atoms with Gasteiger partial charge in [-0.25, -0.2) is 9.99 Å². The quantitative estimate of drug-likeness (QED) is 0.446. The van der Waals surface area contributed by atoms with Crippen molar-refractivity contribution in [2.75, 3.05) is 46.4 Å². The lowest BCUT2D eigenvalue weighted by Gasteiger charge is -2.27. The molecule has 2 aromatic rings. The zero-order valence-corrected chi connectivity index (χ0v) is 16.5. The molecule has 0 aromatic carbocycles. The Balaban J connectivity index is 1.51. The van der Waals surface area contributed by atoms with E-state index in [2.05, 4.69) is 36.2 Å². The van der Waals surface area contributed by atoms with E-state index in [0.717, 1.165) is 55.2 Å². The molecule has 7 nitrogen and oxygen atoms in total. The van der Waals surface area contributed by atoms with Gasteiger partial charge in [0.1, 0.15) is 5.65 Å². The number of ether oxygens (including phenoxy) is 1. The van der Waals surface area contributed by atoms with Gasteiger partial charge in [-0.05, 0) is 40.3 Å². The van der Waals surface area contributed by atoms with Gasteiger partial charge in [-0.3, -0.25) is 9.30 Å². The van der Waals surface area contributed by atoms with Crippen LogP contribution in [0.25, 0.3) is 5.65 Å². The Bertz CT molecular complexity index is 758. The van der Waals surface area contributed by atoms with E-state index in [1.807, 2.05) is 29.8 Å². The number of thiocarbonyl (C=S) groups is 1. The van der Waals surface area contributed by atoms with Crippen LogP contribution >= 0.6 is 28.1 Å². The molecule has 25 heavy (non-hydrogen) atoms. The SMILES string of the molecule is CN(N=Cc1cnc2ccc(Br)cn12)C(=S)NCCN1CCOCC1. The summed E-state index contributed by atoms with van der Waals surface area (Å²) in [6.45, 7) is 5.32. The Morgan fingerprint density at radius 1 is 1.48 bits per heavy atom. The molecule has 3 heterocycles. The lowest BCUT2D eigenvalue weighted by Crippen LogP contribution is -2.43. The van der Waals surface area contributed by atoms with Gasteiger partial charge in [0.15, 0.2) is 5.11 Å². The molecule has 1 N–H and O–H groups in total. The smallest absolute Gasteiger partial charge is 0.189 e. The lowest BCUT2D eigenvalue weighted by molar-refractivity contribution is 0.0389. The summed E-state index contributed by atoms with van der Waals surface area (Å²) < 4.78 is 8.30. The van der Waals surface area contributed by atoms with Crippen molar-refractivity contribution < 1.29 is 4.74 Å². The summed E-state index contributed by atoms with van der Waals surface area (Å²) in [5.41, 5.74) is 1.76. The summed E-state index contributed by atoms with van der Waals surface area (Å²) in [6.07, 6.45) is 5.50. The Morgan fingerprint density at radius 2 is 2.28 bits per heavy atom. The highest BCUT2D eigenvalue weighted by atomic mass is 79.9. The molecule has 1 saturated heterocycles. The number of hydrogen-bond donors (Lipinski definition) is 1. The number of nitrogens with zero attached hydrogens (tertiary/aromatic N) is 5. The van der Waals surface area contributed by atoms with Gasteiger partial charge < -0.3 is 10.1 Å². The van der Waals surface area contributed by atoms with E-state index in [1.165, 1.54) is 0 Å². The molecule has 1 aliphatic rings. The molecule has 0 radical (unpaired) electrons. The fourth-order valence-electron chi connectivity index (χ4n) is 2.53. The summed E-state index contributed by atoms with van der Waals surface area (Å²) in [6, 6.07) is 3.91. The summed E-state index contributed by atoms with van der Waals surface area (Å²) in [7, 11) is 1.83. The van der Waals surface area contributed by atoms with Crippen LogP contribution < -0.4 is 5.32 Å². The number of halogens is 1. The van der Waals surface area contributed by atoms with Gasteiger partial charge >= 0.3 is 0 Å². The zero-order chi connectivity index (χ0) is 17.6. The van der Waals surface area contributed by atoms with Crippen LogP contribution in [0.15, 0.2) is 34.1 Å². The Morgan fingerprint density at radius 3 is 3.08 bits per heavy atom. The molecule has 1 aliphatic heterocycles. The average Bonchev–Trinajstić information content (AvgIpc) is 3.02. The number of aromatic nitrogens is 2. The van der Waals surface area contributed by atoms with Crippen molar-refractivity contribution in [1.82, 2.24) is 24.6 Å². The van der Waals surface area contributed by atoms with Crippen LogP contribution in [-0.4, -0.2) is 77.1 Å². The second-order valence-electron chi connectivity index (χ2n) is 5.71. The first-order chi connectivity index (χ1) is 12.1. The summed E-state index contributed by atoms with van der Waals surface area (Å²) in [5.74, 6) is 0. The minimum absolute atomic E-state index is 0.597. The third kappa shape index (κ3) is 4.97. The standard InChI is InChI=1S/C16H21BrN6OS/c1-21(16(25)18-4-5-22-6-8-24-9-7-22)20-11-14-10-19-15-3-2-13(17)12-23(14)15/h2-3,10-12H,4-9H2,1H3,(H,18,25). The van der Waals surface area contributed by atoms with Crippen molar-refractivity contribution in [3.8, 4) is 0 Å². The third-order valence-electron chi connectivity index (χ3n) is 3.96. The molecule has 0 spiro atoms. The zero-order valence-electron chi connectivity index (χ0n) is 14.1. The fraction of sp³-hybridized carbons (Fsp3) is 0.438. The summed E-state index contributed by atoms with van der Waals surface area (Å²) >= 11 is 8.85. The monoisotopic (exact) mass is 424 g/mol. The molecule has 134 valence electrons. The number of hydrazone groups is 1. The molecular formula is C16H21BrN6OS. The van der Waals surface area contributed by atoms with E-state index in [1.54, 1.807) is 17.4 Å². The molecule has 0 atom stereocenters. The summed E-state index contributed by atoms with van der Waals surface area (Å²) in [4.78, 5) is 6.71. The van der Waals surface area contributed by atoms with Crippen molar-refractivity contribution in [2.24, 2.45) is 5.10 Å². The maximum absolute atomic E-state index is 5.38. The normalized spacial score (nSPS) is 15.8. The van der Waals surface area contributed by atoms with Gasteiger partial charge in [-0.2, -0.15) is 5.10 Å². The van der Waals surface area contributed by atoms with Crippen LogP contribution in [0.2, 0.25) is 0 Å². The van der Waals surface area contributed by atoms with Crippen LogP contribution in [0.5, 0.6) is 0 Å². The van der Waals surface area contributed by atoms with Gasteiger partial charge in [0.05, 0.1) is 31.3 Å². The van der Waals surface area contributed by atoms with E-state index in [0.29, 0.717) is 5.11 Å². The number of pyridine rings is 1. The molecule has 3 rings (SSSR count). The van der Waals surface area contributed by atoms with Gasteiger partial charge in [-0.1, -0.05) is 0 Å². The second-order valence-corrected chi connectivity index (χ2v) is 7.02. The molecular weight excluding hydrogens is 404 g/mol. The van der Waals surface area contributed by atoms with E-state index in [9.17, 15) is 0 Å². The largest absolute Gasteiger partial charge is 0.379 e.